The maximum absolute atomic E-state index is 13.2. The third kappa shape index (κ3) is 2.55. The molecule has 0 atom stereocenters. The number of pyridine rings is 1. The van der Waals surface area contributed by atoms with Crippen molar-refractivity contribution in [3.05, 3.63) is 55.0 Å². The number of thiazole rings is 1. The molecule has 0 unspecified atom stereocenters. The minimum absolute atomic E-state index is 0.226. The Morgan fingerprint density at radius 1 is 1.07 bits per heavy atom. The van der Waals surface area contributed by atoms with E-state index in [1.54, 1.807) is 11.3 Å². The fourth-order valence-corrected chi connectivity index (χ4v) is 5.49. The number of nitrogens with one attached hydrogen (secondary N) is 1. The zero-order valence-corrected chi connectivity index (χ0v) is 16.0. The molecule has 4 nitrogen and oxygen atoms in total. The maximum atomic E-state index is 13.2. The molecule has 1 N–H and O–H groups in total. The standard InChI is InChI=1S/C22H19FN4S/c23-17-8-22(9-17)12-27(13-22)20-4-2-16(11-25-20)21-26-18-3-1-14(7-19(18)28-21)15-5-6-24-10-15/h1-7,10-11,17,24H,8-9,12-13H2. The van der Waals surface area contributed by atoms with E-state index in [0.717, 1.165) is 47.8 Å². The average Bonchev–Trinajstić information content (AvgIpc) is 3.32. The number of hydrogen-bond acceptors (Lipinski definition) is 4. The fourth-order valence-electron chi connectivity index (χ4n) is 4.49. The molecule has 28 heavy (non-hydrogen) atoms. The molecule has 0 amide bonds. The Balaban J connectivity index is 1.23. The number of anilines is 1. The first kappa shape index (κ1) is 16.2. The first-order valence-corrected chi connectivity index (χ1v) is 10.4. The minimum Gasteiger partial charge on any atom is -0.367 e. The summed E-state index contributed by atoms with van der Waals surface area (Å²) in [6, 6.07) is 12.6. The molecule has 3 aromatic heterocycles. The molecule has 140 valence electrons. The number of alkyl halides is 1. The molecule has 1 aliphatic carbocycles. The summed E-state index contributed by atoms with van der Waals surface area (Å²) in [4.78, 5) is 14.8. The van der Waals surface area contributed by atoms with Crippen LogP contribution in [0.5, 0.6) is 0 Å². The molecule has 4 heterocycles. The van der Waals surface area contributed by atoms with Crippen molar-refractivity contribution < 1.29 is 4.39 Å². The molecular weight excluding hydrogens is 371 g/mol. The van der Waals surface area contributed by atoms with Crippen LogP contribution in [0.15, 0.2) is 55.0 Å². The summed E-state index contributed by atoms with van der Waals surface area (Å²) in [6.07, 6.45) is 6.70. The lowest BCUT2D eigenvalue weighted by molar-refractivity contribution is 0.000448. The van der Waals surface area contributed by atoms with Gasteiger partial charge in [-0.25, -0.2) is 14.4 Å². The molecule has 6 heteroatoms. The van der Waals surface area contributed by atoms with Gasteiger partial charge in [0.25, 0.3) is 0 Å². The van der Waals surface area contributed by atoms with Crippen LogP contribution in [0.1, 0.15) is 12.8 Å². The van der Waals surface area contributed by atoms with Crippen LogP contribution in [-0.2, 0) is 0 Å². The molecule has 0 bridgehead atoms. The largest absolute Gasteiger partial charge is 0.367 e. The Bertz CT molecular complexity index is 1140. The summed E-state index contributed by atoms with van der Waals surface area (Å²) in [5.41, 5.74) is 4.65. The van der Waals surface area contributed by atoms with Crippen LogP contribution >= 0.6 is 11.3 Å². The number of halogens is 1. The first-order valence-electron chi connectivity index (χ1n) is 9.57. The molecule has 2 aliphatic rings. The second-order valence-corrected chi connectivity index (χ2v) is 9.10. The molecule has 1 saturated carbocycles. The van der Waals surface area contributed by atoms with Crippen molar-refractivity contribution in [3.63, 3.8) is 0 Å². The highest BCUT2D eigenvalue weighted by molar-refractivity contribution is 7.21. The van der Waals surface area contributed by atoms with E-state index in [1.807, 2.05) is 18.6 Å². The van der Waals surface area contributed by atoms with Gasteiger partial charge in [0.05, 0.1) is 10.2 Å². The highest BCUT2D eigenvalue weighted by Gasteiger charge is 2.53. The molecule has 4 aromatic rings. The zero-order chi connectivity index (χ0) is 18.7. The molecule has 1 spiro atoms. The summed E-state index contributed by atoms with van der Waals surface area (Å²) < 4.78 is 14.3. The first-order chi connectivity index (χ1) is 13.7. The van der Waals surface area contributed by atoms with Crippen molar-refractivity contribution in [2.24, 2.45) is 5.41 Å². The van der Waals surface area contributed by atoms with Crippen LogP contribution in [0.2, 0.25) is 0 Å². The fraction of sp³-hybridized carbons (Fsp3) is 0.273. The van der Waals surface area contributed by atoms with Gasteiger partial charge in [0.15, 0.2) is 0 Å². The van der Waals surface area contributed by atoms with Gasteiger partial charge in [0.2, 0.25) is 0 Å². The summed E-state index contributed by atoms with van der Waals surface area (Å²) in [7, 11) is 0. The lowest BCUT2D eigenvalue weighted by atomic mass is 9.62. The Hall–Kier alpha value is -2.73. The Morgan fingerprint density at radius 2 is 1.93 bits per heavy atom. The number of aromatic amines is 1. The van der Waals surface area contributed by atoms with Gasteiger partial charge in [-0.05, 0) is 54.3 Å². The third-order valence-corrected chi connectivity index (χ3v) is 7.07. The van der Waals surface area contributed by atoms with Crippen LogP contribution in [0.3, 0.4) is 0 Å². The normalized spacial score (nSPS) is 18.4. The van der Waals surface area contributed by atoms with E-state index in [0.29, 0.717) is 0 Å². The second kappa shape index (κ2) is 5.88. The predicted molar refractivity (Wildman–Crippen MR) is 111 cm³/mol. The number of rotatable bonds is 3. The van der Waals surface area contributed by atoms with Crippen LogP contribution in [-0.4, -0.2) is 34.2 Å². The number of benzene rings is 1. The van der Waals surface area contributed by atoms with Gasteiger partial charge in [-0.1, -0.05) is 6.07 Å². The average molecular weight is 390 g/mol. The SMILES string of the molecule is FC1CC2(C1)CN(c1ccc(-c3nc4ccc(-c5cc[nH]c5)cc4s3)cn1)C2. The van der Waals surface area contributed by atoms with E-state index in [2.05, 4.69) is 51.3 Å². The quantitative estimate of drug-likeness (QED) is 0.517. The van der Waals surface area contributed by atoms with Gasteiger partial charge in [-0.2, -0.15) is 0 Å². The van der Waals surface area contributed by atoms with E-state index in [1.165, 1.54) is 15.8 Å². The summed E-state index contributed by atoms with van der Waals surface area (Å²) in [6.45, 7) is 1.87. The van der Waals surface area contributed by atoms with Crippen LogP contribution in [0.4, 0.5) is 10.2 Å². The predicted octanol–water partition coefficient (Wildman–Crippen LogP) is 5.29. The molecule has 1 aliphatic heterocycles. The van der Waals surface area contributed by atoms with Crippen molar-refractivity contribution in [1.29, 1.82) is 0 Å². The molecule has 0 radical (unpaired) electrons. The second-order valence-electron chi connectivity index (χ2n) is 8.07. The Labute approximate surface area is 166 Å². The highest BCUT2D eigenvalue weighted by atomic mass is 32.1. The van der Waals surface area contributed by atoms with Crippen molar-refractivity contribution in [2.45, 2.75) is 19.0 Å². The maximum Gasteiger partial charge on any atom is 0.128 e. The van der Waals surface area contributed by atoms with Gasteiger partial charge >= 0.3 is 0 Å². The molecule has 6 rings (SSSR count). The third-order valence-electron chi connectivity index (χ3n) is 6.00. The Kier molecular flexibility index (Phi) is 3.41. The van der Waals surface area contributed by atoms with E-state index < -0.39 is 6.17 Å². The summed E-state index contributed by atoms with van der Waals surface area (Å²) in [5.74, 6) is 0.979. The molecular formula is C22H19FN4S. The molecule has 2 fully saturated rings. The Morgan fingerprint density at radius 3 is 2.64 bits per heavy atom. The van der Waals surface area contributed by atoms with Gasteiger partial charge in [-0.15, -0.1) is 11.3 Å². The van der Waals surface area contributed by atoms with Crippen molar-refractivity contribution >= 4 is 27.4 Å². The van der Waals surface area contributed by atoms with Crippen molar-refractivity contribution in [1.82, 2.24) is 15.0 Å². The molecule has 1 saturated heterocycles. The van der Waals surface area contributed by atoms with Crippen molar-refractivity contribution in [2.75, 3.05) is 18.0 Å². The van der Waals surface area contributed by atoms with Gasteiger partial charge in [-0.3, -0.25) is 0 Å². The van der Waals surface area contributed by atoms with Crippen LogP contribution < -0.4 is 4.90 Å². The monoisotopic (exact) mass is 390 g/mol. The van der Waals surface area contributed by atoms with Gasteiger partial charge in [0.1, 0.15) is 17.0 Å². The van der Waals surface area contributed by atoms with Gasteiger partial charge < -0.3 is 9.88 Å². The highest BCUT2D eigenvalue weighted by Crippen LogP contribution is 2.50. The van der Waals surface area contributed by atoms with E-state index in [9.17, 15) is 4.39 Å². The van der Waals surface area contributed by atoms with Crippen molar-refractivity contribution in [3.8, 4) is 21.7 Å². The number of fused-ring (bicyclic) bond motifs is 1. The number of aromatic nitrogens is 3. The summed E-state index contributed by atoms with van der Waals surface area (Å²) >= 11 is 1.69. The van der Waals surface area contributed by atoms with Crippen LogP contribution in [0.25, 0.3) is 31.9 Å². The minimum atomic E-state index is -0.589. The van der Waals surface area contributed by atoms with E-state index >= 15 is 0 Å². The molecule has 1 aromatic carbocycles. The van der Waals surface area contributed by atoms with Gasteiger partial charge in [0, 0.05) is 42.7 Å². The lowest BCUT2D eigenvalue weighted by Crippen LogP contribution is -2.63. The number of hydrogen-bond donors (Lipinski definition) is 1. The van der Waals surface area contributed by atoms with Crippen LogP contribution in [0, 0.1) is 5.41 Å². The number of nitrogens with zero attached hydrogens (tertiary/aromatic N) is 3. The smallest absolute Gasteiger partial charge is 0.128 e. The summed E-state index contributed by atoms with van der Waals surface area (Å²) in [5, 5.41) is 0.986. The van der Waals surface area contributed by atoms with E-state index in [4.69, 9.17) is 4.98 Å². The lowest BCUT2D eigenvalue weighted by Gasteiger charge is -2.57. The van der Waals surface area contributed by atoms with E-state index in [-0.39, 0.29) is 5.41 Å². The number of H-pyrrole nitrogens is 1. The zero-order valence-electron chi connectivity index (χ0n) is 15.2. The topological polar surface area (TPSA) is 44.8 Å².